The molecule has 1 heterocycles. The summed E-state index contributed by atoms with van der Waals surface area (Å²) in [5.41, 5.74) is 0.174. The van der Waals surface area contributed by atoms with Gasteiger partial charge in [0.25, 0.3) is 0 Å². The molecule has 1 saturated carbocycles. The van der Waals surface area contributed by atoms with Crippen LogP contribution in [0.25, 0.3) is 0 Å². The number of rotatable bonds is 7. The number of morpholine rings is 1. The number of hydrogen-bond donors (Lipinski definition) is 2. The molecule has 1 unspecified atom stereocenters. The lowest BCUT2D eigenvalue weighted by molar-refractivity contribution is -0.137. The van der Waals surface area contributed by atoms with Gasteiger partial charge in [-0.15, -0.1) is 0 Å². The highest BCUT2D eigenvalue weighted by Crippen LogP contribution is 2.46. The molecular formula is C19H27N3O3. The van der Waals surface area contributed by atoms with Crippen LogP contribution >= 0.6 is 0 Å². The fourth-order valence-electron chi connectivity index (χ4n) is 3.16. The summed E-state index contributed by atoms with van der Waals surface area (Å²) in [5, 5.41) is 5.94. The van der Waals surface area contributed by atoms with Gasteiger partial charge in [-0.3, -0.25) is 14.5 Å². The van der Waals surface area contributed by atoms with E-state index in [1.807, 2.05) is 37.3 Å². The van der Waals surface area contributed by atoms with E-state index >= 15 is 0 Å². The van der Waals surface area contributed by atoms with Gasteiger partial charge in [0, 0.05) is 26.2 Å². The first kappa shape index (κ1) is 17.9. The van der Waals surface area contributed by atoms with Crippen molar-refractivity contribution in [3.05, 3.63) is 35.9 Å². The molecule has 2 N–H and O–H groups in total. The van der Waals surface area contributed by atoms with Gasteiger partial charge in [-0.05, 0) is 25.3 Å². The lowest BCUT2D eigenvalue weighted by Gasteiger charge is -2.27. The SMILES string of the molecule is CC(NC(=O)C1(C(=O)NCCN2CCOCC2)CC1)c1ccccc1. The molecule has 1 aliphatic carbocycles. The Labute approximate surface area is 148 Å². The number of nitrogens with one attached hydrogen (secondary N) is 2. The summed E-state index contributed by atoms with van der Waals surface area (Å²) in [4.78, 5) is 27.4. The van der Waals surface area contributed by atoms with E-state index in [2.05, 4.69) is 15.5 Å². The van der Waals surface area contributed by atoms with Crippen LogP contribution in [0.2, 0.25) is 0 Å². The minimum atomic E-state index is -0.867. The van der Waals surface area contributed by atoms with Crippen LogP contribution in [0.5, 0.6) is 0 Å². The third-order valence-corrected chi connectivity index (χ3v) is 5.08. The van der Waals surface area contributed by atoms with Crippen molar-refractivity contribution in [2.45, 2.75) is 25.8 Å². The van der Waals surface area contributed by atoms with Gasteiger partial charge in [-0.2, -0.15) is 0 Å². The van der Waals surface area contributed by atoms with Gasteiger partial charge in [0.15, 0.2) is 0 Å². The molecule has 6 nitrogen and oxygen atoms in total. The zero-order chi connectivity index (χ0) is 17.7. The van der Waals surface area contributed by atoms with Crippen molar-refractivity contribution in [3.8, 4) is 0 Å². The van der Waals surface area contributed by atoms with E-state index < -0.39 is 5.41 Å². The normalized spacial score (nSPS) is 20.5. The number of amides is 2. The fraction of sp³-hybridized carbons (Fsp3) is 0.579. The second-order valence-corrected chi connectivity index (χ2v) is 6.90. The molecule has 0 aromatic heterocycles. The predicted molar refractivity (Wildman–Crippen MR) is 94.9 cm³/mol. The summed E-state index contributed by atoms with van der Waals surface area (Å²) in [6.07, 6.45) is 1.26. The van der Waals surface area contributed by atoms with Crippen molar-refractivity contribution < 1.29 is 14.3 Å². The Kier molecular flexibility index (Phi) is 5.71. The zero-order valence-electron chi connectivity index (χ0n) is 14.8. The van der Waals surface area contributed by atoms with Crippen LogP contribution in [0.4, 0.5) is 0 Å². The number of benzene rings is 1. The largest absolute Gasteiger partial charge is 0.379 e. The van der Waals surface area contributed by atoms with Crippen molar-refractivity contribution in [1.29, 1.82) is 0 Å². The highest BCUT2D eigenvalue weighted by Gasteiger charge is 2.56. The second kappa shape index (κ2) is 7.97. The van der Waals surface area contributed by atoms with Gasteiger partial charge in [0.2, 0.25) is 11.8 Å². The van der Waals surface area contributed by atoms with Crippen LogP contribution in [0.15, 0.2) is 30.3 Å². The van der Waals surface area contributed by atoms with E-state index in [-0.39, 0.29) is 17.9 Å². The van der Waals surface area contributed by atoms with Crippen LogP contribution in [-0.4, -0.2) is 56.1 Å². The molecule has 136 valence electrons. The van der Waals surface area contributed by atoms with Gasteiger partial charge in [0.05, 0.1) is 19.3 Å². The second-order valence-electron chi connectivity index (χ2n) is 6.90. The van der Waals surface area contributed by atoms with Crippen molar-refractivity contribution in [2.75, 3.05) is 39.4 Å². The summed E-state index contributed by atoms with van der Waals surface area (Å²) < 4.78 is 5.31. The van der Waals surface area contributed by atoms with Crippen LogP contribution in [0.1, 0.15) is 31.4 Å². The maximum absolute atomic E-state index is 12.6. The number of hydrogen-bond acceptors (Lipinski definition) is 4. The molecule has 2 amide bonds. The van der Waals surface area contributed by atoms with E-state index in [0.717, 1.165) is 38.4 Å². The third-order valence-electron chi connectivity index (χ3n) is 5.08. The molecule has 0 spiro atoms. The van der Waals surface area contributed by atoms with Crippen LogP contribution in [0.3, 0.4) is 0 Å². The average molecular weight is 345 g/mol. The number of carbonyl (C=O) groups excluding carboxylic acids is 2. The molecule has 6 heteroatoms. The van der Waals surface area contributed by atoms with Crippen LogP contribution < -0.4 is 10.6 Å². The van der Waals surface area contributed by atoms with E-state index in [1.54, 1.807) is 0 Å². The van der Waals surface area contributed by atoms with E-state index in [1.165, 1.54) is 0 Å². The molecule has 0 bridgehead atoms. The third kappa shape index (κ3) is 4.38. The number of nitrogens with zero attached hydrogens (tertiary/aromatic N) is 1. The average Bonchev–Trinajstić information content (AvgIpc) is 3.45. The summed E-state index contributed by atoms with van der Waals surface area (Å²) >= 11 is 0. The number of carbonyl (C=O) groups is 2. The zero-order valence-corrected chi connectivity index (χ0v) is 14.8. The molecule has 3 rings (SSSR count). The van der Waals surface area contributed by atoms with Crippen LogP contribution in [-0.2, 0) is 14.3 Å². The van der Waals surface area contributed by atoms with Crippen molar-refractivity contribution >= 4 is 11.8 Å². The Bertz CT molecular complexity index is 595. The minimum Gasteiger partial charge on any atom is -0.379 e. The standard InChI is InChI=1S/C19H27N3O3/c1-15(16-5-3-2-4-6-16)21-18(24)19(7-8-19)17(23)20-9-10-22-11-13-25-14-12-22/h2-6,15H,7-14H2,1H3,(H,20,23)(H,21,24). The smallest absolute Gasteiger partial charge is 0.236 e. The highest BCUT2D eigenvalue weighted by atomic mass is 16.5. The topological polar surface area (TPSA) is 70.7 Å². The van der Waals surface area contributed by atoms with E-state index in [0.29, 0.717) is 19.4 Å². The lowest BCUT2D eigenvalue weighted by Crippen LogP contribution is -2.46. The number of ether oxygens (including phenoxy) is 1. The molecule has 0 radical (unpaired) electrons. The highest BCUT2D eigenvalue weighted by molar-refractivity contribution is 6.07. The minimum absolute atomic E-state index is 0.104. The Morgan fingerprint density at radius 2 is 1.84 bits per heavy atom. The van der Waals surface area contributed by atoms with Crippen molar-refractivity contribution in [1.82, 2.24) is 15.5 Å². The Morgan fingerprint density at radius 3 is 2.48 bits per heavy atom. The molecule has 1 aromatic rings. The molecule has 2 aliphatic rings. The summed E-state index contributed by atoms with van der Waals surface area (Å²) in [6, 6.07) is 9.70. The summed E-state index contributed by atoms with van der Waals surface area (Å²) in [7, 11) is 0. The molecule has 1 aromatic carbocycles. The Hall–Kier alpha value is -1.92. The Morgan fingerprint density at radius 1 is 1.16 bits per heavy atom. The maximum atomic E-state index is 12.6. The van der Waals surface area contributed by atoms with Gasteiger partial charge >= 0.3 is 0 Å². The van der Waals surface area contributed by atoms with Crippen molar-refractivity contribution in [2.24, 2.45) is 5.41 Å². The molecule has 1 saturated heterocycles. The van der Waals surface area contributed by atoms with Gasteiger partial charge in [0.1, 0.15) is 5.41 Å². The molecule has 1 atom stereocenters. The van der Waals surface area contributed by atoms with Gasteiger partial charge in [-0.25, -0.2) is 0 Å². The monoisotopic (exact) mass is 345 g/mol. The quantitative estimate of drug-likeness (QED) is 0.726. The maximum Gasteiger partial charge on any atom is 0.236 e. The summed E-state index contributed by atoms with van der Waals surface area (Å²) in [6.45, 7) is 6.61. The van der Waals surface area contributed by atoms with E-state index in [9.17, 15) is 9.59 Å². The predicted octanol–water partition coefficient (Wildman–Crippen LogP) is 1.09. The Balaban J connectivity index is 1.47. The molecule has 2 fully saturated rings. The van der Waals surface area contributed by atoms with Gasteiger partial charge in [-0.1, -0.05) is 30.3 Å². The summed E-state index contributed by atoms with van der Waals surface area (Å²) in [5.74, 6) is -0.300. The lowest BCUT2D eigenvalue weighted by atomic mass is 10.0. The first-order valence-corrected chi connectivity index (χ1v) is 9.06. The first-order chi connectivity index (χ1) is 12.1. The van der Waals surface area contributed by atoms with Crippen LogP contribution in [0, 0.1) is 5.41 Å². The molecule has 1 aliphatic heterocycles. The van der Waals surface area contributed by atoms with E-state index in [4.69, 9.17) is 4.74 Å². The fourth-order valence-corrected chi connectivity index (χ4v) is 3.16. The molecular weight excluding hydrogens is 318 g/mol. The van der Waals surface area contributed by atoms with Crippen molar-refractivity contribution in [3.63, 3.8) is 0 Å². The molecule has 25 heavy (non-hydrogen) atoms. The first-order valence-electron chi connectivity index (χ1n) is 9.06. The van der Waals surface area contributed by atoms with Gasteiger partial charge < -0.3 is 15.4 Å².